The van der Waals surface area contributed by atoms with Gasteiger partial charge in [0.25, 0.3) is 5.91 Å². The third-order valence-corrected chi connectivity index (χ3v) is 4.20. The smallest absolute Gasteiger partial charge is 0.256 e. The third kappa shape index (κ3) is 4.71. The van der Waals surface area contributed by atoms with Gasteiger partial charge in [0.15, 0.2) is 11.5 Å². The second kappa shape index (κ2) is 9.78. The van der Waals surface area contributed by atoms with Crippen LogP contribution in [-0.4, -0.2) is 40.5 Å². The molecule has 8 nitrogen and oxygen atoms in total. The average Bonchev–Trinajstić information content (AvgIpc) is 3.11. The van der Waals surface area contributed by atoms with Gasteiger partial charge in [0.2, 0.25) is 5.75 Å². The number of aromatic nitrogens is 3. The minimum Gasteiger partial charge on any atom is -0.490 e. The number of rotatable bonds is 9. The van der Waals surface area contributed by atoms with Crippen molar-refractivity contribution in [3.8, 4) is 28.5 Å². The van der Waals surface area contributed by atoms with Crippen LogP contribution >= 0.6 is 0 Å². The van der Waals surface area contributed by atoms with Gasteiger partial charge in [-0.15, -0.1) is 0 Å². The molecule has 0 saturated carbocycles. The molecule has 3 aromatic rings. The number of benzene rings is 1. The molecule has 0 spiro atoms. The Morgan fingerprint density at radius 2 is 1.60 bits per heavy atom. The second-order valence-electron chi connectivity index (χ2n) is 6.36. The first kappa shape index (κ1) is 21.2. The predicted molar refractivity (Wildman–Crippen MR) is 114 cm³/mol. The highest BCUT2D eigenvalue weighted by Crippen LogP contribution is 2.39. The summed E-state index contributed by atoms with van der Waals surface area (Å²) in [6.45, 7) is 6.96. The van der Waals surface area contributed by atoms with Crippen molar-refractivity contribution in [1.29, 1.82) is 0 Å². The van der Waals surface area contributed by atoms with E-state index in [1.807, 2.05) is 32.9 Å². The molecule has 0 fully saturated rings. The summed E-state index contributed by atoms with van der Waals surface area (Å²) in [5.74, 6) is 1.13. The van der Waals surface area contributed by atoms with Crippen LogP contribution < -0.4 is 19.5 Å². The highest BCUT2D eigenvalue weighted by Gasteiger charge is 2.20. The Morgan fingerprint density at radius 1 is 1.00 bits per heavy atom. The number of hydrogen-bond acceptors (Lipinski definition) is 6. The molecular weight excluding hydrogens is 384 g/mol. The molecular formula is C22H26N4O4. The summed E-state index contributed by atoms with van der Waals surface area (Å²) in [5.41, 5.74) is 2.51. The SMILES string of the molecule is CCOc1cc(C(=O)Nc2cn(C)nc2-c2ccncc2)cc(OCC)c1OCC. The number of anilines is 1. The lowest BCUT2D eigenvalue weighted by Gasteiger charge is -2.17. The first-order valence-electron chi connectivity index (χ1n) is 9.89. The van der Waals surface area contributed by atoms with E-state index in [1.165, 1.54) is 0 Å². The predicted octanol–water partition coefficient (Wildman–Crippen LogP) is 3.93. The Bertz CT molecular complexity index is 975. The molecule has 8 heteroatoms. The van der Waals surface area contributed by atoms with E-state index < -0.39 is 0 Å². The van der Waals surface area contributed by atoms with Crippen molar-refractivity contribution in [3.63, 3.8) is 0 Å². The highest BCUT2D eigenvalue weighted by molar-refractivity contribution is 6.06. The summed E-state index contributed by atoms with van der Waals surface area (Å²) in [5, 5.41) is 7.41. The molecule has 0 unspecified atom stereocenters. The Morgan fingerprint density at radius 3 is 2.17 bits per heavy atom. The van der Waals surface area contributed by atoms with E-state index >= 15 is 0 Å². The standard InChI is InChI=1S/C22H26N4O4/c1-5-28-18-12-16(13-19(29-6-2)21(18)30-7-3)22(27)24-17-14-26(4)25-20(17)15-8-10-23-11-9-15/h8-14H,5-7H2,1-4H3,(H,24,27). The highest BCUT2D eigenvalue weighted by atomic mass is 16.5. The fourth-order valence-corrected chi connectivity index (χ4v) is 3.02. The fraction of sp³-hybridized carbons (Fsp3) is 0.318. The summed E-state index contributed by atoms with van der Waals surface area (Å²) in [7, 11) is 1.80. The van der Waals surface area contributed by atoms with Gasteiger partial charge in [0.1, 0.15) is 5.69 Å². The maximum absolute atomic E-state index is 13.1. The molecule has 1 amide bonds. The Balaban J connectivity index is 1.96. The molecule has 2 heterocycles. The third-order valence-electron chi connectivity index (χ3n) is 4.20. The van der Waals surface area contributed by atoms with Crippen LogP contribution in [0, 0.1) is 0 Å². The Hall–Kier alpha value is -3.55. The number of nitrogens with zero attached hydrogens (tertiary/aromatic N) is 3. The van der Waals surface area contributed by atoms with Crippen molar-refractivity contribution in [2.24, 2.45) is 7.05 Å². The molecule has 3 rings (SSSR count). The molecule has 0 aliphatic rings. The van der Waals surface area contributed by atoms with E-state index in [2.05, 4.69) is 15.4 Å². The monoisotopic (exact) mass is 410 g/mol. The van der Waals surface area contributed by atoms with Crippen LogP contribution in [0.25, 0.3) is 11.3 Å². The zero-order valence-corrected chi connectivity index (χ0v) is 17.6. The lowest BCUT2D eigenvalue weighted by atomic mass is 10.1. The van der Waals surface area contributed by atoms with Crippen molar-refractivity contribution >= 4 is 11.6 Å². The zero-order chi connectivity index (χ0) is 21.5. The maximum atomic E-state index is 13.1. The Kier molecular flexibility index (Phi) is 6.90. The number of carbonyl (C=O) groups excluding carboxylic acids is 1. The minimum atomic E-state index is -0.303. The quantitative estimate of drug-likeness (QED) is 0.575. The normalized spacial score (nSPS) is 10.5. The van der Waals surface area contributed by atoms with Gasteiger partial charge in [-0.3, -0.25) is 14.5 Å². The second-order valence-corrected chi connectivity index (χ2v) is 6.36. The van der Waals surface area contributed by atoms with Crippen LogP contribution in [0.2, 0.25) is 0 Å². The van der Waals surface area contributed by atoms with Gasteiger partial charge in [0, 0.05) is 36.8 Å². The van der Waals surface area contributed by atoms with Gasteiger partial charge in [-0.1, -0.05) is 0 Å². The van der Waals surface area contributed by atoms with Crippen LogP contribution in [0.1, 0.15) is 31.1 Å². The number of ether oxygens (including phenoxy) is 3. The number of carbonyl (C=O) groups is 1. The fourth-order valence-electron chi connectivity index (χ4n) is 3.02. The summed E-state index contributed by atoms with van der Waals surface area (Å²) in [6, 6.07) is 7.01. The zero-order valence-electron chi connectivity index (χ0n) is 17.6. The van der Waals surface area contributed by atoms with Gasteiger partial charge in [-0.05, 0) is 45.0 Å². The lowest BCUT2D eigenvalue weighted by molar-refractivity contribution is 0.102. The molecule has 0 saturated heterocycles. The summed E-state index contributed by atoms with van der Waals surface area (Å²) >= 11 is 0. The number of aryl methyl sites for hydroxylation is 1. The van der Waals surface area contributed by atoms with E-state index in [0.29, 0.717) is 54.0 Å². The van der Waals surface area contributed by atoms with Crippen LogP contribution in [0.3, 0.4) is 0 Å². The van der Waals surface area contributed by atoms with Crippen molar-refractivity contribution < 1.29 is 19.0 Å². The number of amides is 1. The van der Waals surface area contributed by atoms with Crippen LogP contribution in [-0.2, 0) is 7.05 Å². The molecule has 0 radical (unpaired) electrons. The van der Waals surface area contributed by atoms with Gasteiger partial charge in [-0.2, -0.15) is 5.10 Å². The van der Waals surface area contributed by atoms with Crippen molar-refractivity contribution in [2.45, 2.75) is 20.8 Å². The number of nitrogens with one attached hydrogen (secondary N) is 1. The largest absolute Gasteiger partial charge is 0.490 e. The molecule has 0 bridgehead atoms. The topological polar surface area (TPSA) is 87.5 Å². The lowest BCUT2D eigenvalue weighted by Crippen LogP contribution is -2.13. The summed E-state index contributed by atoms with van der Waals surface area (Å²) < 4.78 is 18.8. The molecule has 0 atom stereocenters. The van der Waals surface area contributed by atoms with Gasteiger partial charge in [-0.25, -0.2) is 0 Å². The Labute approximate surface area is 175 Å². The molecule has 30 heavy (non-hydrogen) atoms. The van der Waals surface area contributed by atoms with E-state index in [1.54, 1.807) is 42.5 Å². The van der Waals surface area contributed by atoms with E-state index in [-0.39, 0.29) is 5.91 Å². The van der Waals surface area contributed by atoms with Gasteiger partial charge in [0.05, 0.1) is 25.5 Å². The van der Waals surface area contributed by atoms with E-state index in [9.17, 15) is 4.79 Å². The number of hydrogen-bond donors (Lipinski definition) is 1. The van der Waals surface area contributed by atoms with Gasteiger partial charge < -0.3 is 19.5 Å². The van der Waals surface area contributed by atoms with Crippen molar-refractivity contribution in [2.75, 3.05) is 25.1 Å². The van der Waals surface area contributed by atoms with E-state index in [0.717, 1.165) is 5.56 Å². The summed E-state index contributed by atoms with van der Waals surface area (Å²) in [6.07, 6.45) is 5.13. The van der Waals surface area contributed by atoms with Crippen LogP contribution in [0.4, 0.5) is 5.69 Å². The molecule has 2 aromatic heterocycles. The van der Waals surface area contributed by atoms with E-state index in [4.69, 9.17) is 14.2 Å². The average molecular weight is 410 g/mol. The molecule has 1 aromatic carbocycles. The summed E-state index contributed by atoms with van der Waals surface area (Å²) in [4.78, 5) is 17.1. The van der Waals surface area contributed by atoms with Crippen molar-refractivity contribution in [1.82, 2.24) is 14.8 Å². The first-order chi connectivity index (χ1) is 14.6. The molecule has 0 aliphatic carbocycles. The minimum absolute atomic E-state index is 0.303. The molecule has 158 valence electrons. The van der Waals surface area contributed by atoms with Crippen LogP contribution in [0.15, 0.2) is 42.9 Å². The van der Waals surface area contributed by atoms with Crippen molar-refractivity contribution in [3.05, 3.63) is 48.4 Å². The molecule has 1 N–H and O–H groups in total. The van der Waals surface area contributed by atoms with Gasteiger partial charge >= 0.3 is 0 Å². The maximum Gasteiger partial charge on any atom is 0.256 e. The van der Waals surface area contributed by atoms with Crippen LogP contribution in [0.5, 0.6) is 17.2 Å². The first-order valence-corrected chi connectivity index (χ1v) is 9.89. The number of pyridine rings is 1. The molecule has 0 aliphatic heterocycles.